The van der Waals surface area contributed by atoms with Crippen molar-refractivity contribution in [1.82, 2.24) is 31.3 Å². The van der Waals surface area contributed by atoms with E-state index in [4.69, 9.17) is 4.74 Å². The molecule has 0 saturated carbocycles. The highest BCUT2D eigenvalue weighted by molar-refractivity contribution is 5.89. The number of nitrogens with one attached hydrogen (secondary N) is 3. The van der Waals surface area contributed by atoms with Crippen molar-refractivity contribution in [2.75, 3.05) is 26.2 Å². The van der Waals surface area contributed by atoms with Crippen LogP contribution in [-0.4, -0.2) is 58.9 Å². The number of ether oxygens (including phenoxy) is 1. The molecule has 0 spiro atoms. The molecule has 1 aliphatic rings. The molecule has 94 valence electrons. The third-order valence-electron chi connectivity index (χ3n) is 2.58. The zero-order chi connectivity index (χ0) is 11.9. The molecule has 1 saturated heterocycles. The van der Waals surface area contributed by atoms with Crippen LogP contribution in [0.25, 0.3) is 0 Å². The number of tetrazole rings is 1. The first-order chi connectivity index (χ1) is 8.36. The van der Waals surface area contributed by atoms with Gasteiger partial charge in [0.15, 0.2) is 0 Å². The number of H-pyrrole nitrogens is 1. The van der Waals surface area contributed by atoms with Gasteiger partial charge in [-0.2, -0.15) is 5.21 Å². The number of hydrogen-bond donors (Lipinski definition) is 3. The quantitative estimate of drug-likeness (QED) is 0.552. The van der Waals surface area contributed by atoms with Gasteiger partial charge in [0.1, 0.15) is 0 Å². The van der Waals surface area contributed by atoms with E-state index in [1.165, 1.54) is 0 Å². The minimum atomic E-state index is -0.340. The molecule has 2 heterocycles. The molecule has 1 fully saturated rings. The first kappa shape index (κ1) is 11.9. The summed E-state index contributed by atoms with van der Waals surface area (Å²) in [5.74, 6) is -0.292. The summed E-state index contributed by atoms with van der Waals surface area (Å²) < 4.78 is 5.63. The lowest BCUT2D eigenvalue weighted by Crippen LogP contribution is -2.35. The van der Waals surface area contributed by atoms with Crippen molar-refractivity contribution >= 4 is 5.91 Å². The summed E-state index contributed by atoms with van der Waals surface area (Å²) in [5.41, 5.74) is 0. The van der Waals surface area contributed by atoms with Gasteiger partial charge in [-0.05, 0) is 31.1 Å². The van der Waals surface area contributed by atoms with Crippen LogP contribution in [0.3, 0.4) is 0 Å². The van der Waals surface area contributed by atoms with Crippen LogP contribution < -0.4 is 10.6 Å². The van der Waals surface area contributed by atoms with E-state index >= 15 is 0 Å². The summed E-state index contributed by atoms with van der Waals surface area (Å²) in [4.78, 5) is 11.4. The van der Waals surface area contributed by atoms with E-state index in [1.54, 1.807) is 0 Å². The molecular formula is C9H16N6O2. The second kappa shape index (κ2) is 6.26. The number of hydrogen-bond acceptors (Lipinski definition) is 6. The molecule has 0 bridgehead atoms. The zero-order valence-electron chi connectivity index (χ0n) is 9.48. The lowest BCUT2D eigenvalue weighted by Gasteiger charge is -2.22. The average Bonchev–Trinajstić information content (AvgIpc) is 2.89. The van der Waals surface area contributed by atoms with Gasteiger partial charge in [-0.25, -0.2) is 0 Å². The lowest BCUT2D eigenvalue weighted by atomic mass is 10.1. The Hall–Kier alpha value is -1.54. The maximum Gasteiger partial charge on any atom is 0.292 e. The van der Waals surface area contributed by atoms with Gasteiger partial charge in [-0.15, -0.1) is 10.2 Å². The molecule has 17 heavy (non-hydrogen) atoms. The summed E-state index contributed by atoms with van der Waals surface area (Å²) in [7, 11) is 0. The largest absolute Gasteiger partial charge is 0.376 e. The topological polar surface area (TPSA) is 105 Å². The van der Waals surface area contributed by atoms with Crippen molar-refractivity contribution in [1.29, 1.82) is 0 Å². The number of amides is 1. The smallest absolute Gasteiger partial charge is 0.292 e. The number of piperidine rings is 1. The Balaban J connectivity index is 1.58. The van der Waals surface area contributed by atoms with E-state index in [2.05, 4.69) is 31.3 Å². The maximum absolute atomic E-state index is 11.4. The molecule has 1 aromatic heterocycles. The normalized spacial score (nSPS) is 16.9. The van der Waals surface area contributed by atoms with Crippen LogP contribution in [0.4, 0.5) is 0 Å². The third-order valence-corrected chi connectivity index (χ3v) is 2.58. The third kappa shape index (κ3) is 3.75. The SMILES string of the molecule is O=C(NCCOC1CCNCC1)c1nn[nH]n1. The van der Waals surface area contributed by atoms with Crippen LogP contribution in [0, 0.1) is 0 Å². The van der Waals surface area contributed by atoms with Gasteiger partial charge in [-0.3, -0.25) is 4.79 Å². The fourth-order valence-electron chi connectivity index (χ4n) is 1.69. The number of aromatic nitrogens is 4. The minimum absolute atomic E-state index is 0.0480. The van der Waals surface area contributed by atoms with Gasteiger partial charge in [0.2, 0.25) is 0 Å². The van der Waals surface area contributed by atoms with Crippen molar-refractivity contribution in [2.45, 2.75) is 18.9 Å². The molecule has 0 atom stereocenters. The van der Waals surface area contributed by atoms with Gasteiger partial charge < -0.3 is 15.4 Å². The monoisotopic (exact) mass is 240 g/mol. The van der Waals surface area contributed by atoms with Crippen LogP contribution in [0.5, 0.6) is 0 Å². The molecule has 1 aromatic rings. The molecule has 0 aromatic carbocycles. The average molecular weight is 240 g/mol. The Morgan fingerprint density at radius 2 is 2.29 bits per heavy atom. The summed E-state index contributed by atoms with van der Waals surface area (Å²) in [6.07, 6.45) is 2.36. The van der Waals surface area contributed by atoms with Gasteiger partial charge >= 0.3 is 0 Å². The Morgan fingerprint density at radius 3 is 3.00 bits per heavy atom. The van der Waals surface area contributed by atoms with E-state index < -0.39 is 0 Å². The van der Waals surface area contributed by atoms with Crippen molar-refractivity contribution in [3.8, 4) is 0 Å². The van der Waals surface area contributed by atoms with Crippen LogP contribution in [0.2, 0.25) is 0 Å². The summed E-state index contributed by atoms with van der Waals surface area (Å²) >= 11 is 0. The van der Waals surface area contributed by atoms with Gasteiger partial charge in [-0.1, -0.05) is 0 Å². The summed E-state index contributed by atoms with van der Waals surface area (Å²) in [6.45, 7) is 2.96. The fourth-order valence-corrected chi connectivity index (χ4v) is 1.69. The number of rotatable bonds is 5. The van der Waals surface area contributed by atoms with E-state index in [0.29, 0.717) is 19.3 Å². The molecule has 0 radical (unpaired) electrons. The lowest BCUT2D eigenvalue weighted by molar-refractivity contribution is 0.0342. The zero-order valence-corrected chi connectivity index (χ0v) is 9.48. The fraction of sp³-hybridized carbons (Fsp3) is 0.778. The molecule has 0 aliphatic carbocycles. The Labute approximate surface area is 98.5 Å². The predicted molar refractivity (Wildman–Crippen MR) is 58.4 cm³/mol. The maximum atomic E-state index is 11.4. The van der Waals surface area contributed by atoms with Crippen LogP contribution >= 0.6 is 0 Å². The van der Waals surface area contributed by atoms with Crippen LogP contribution in [0.1, 0.15) is 23.5 Å². The second-order valence-corrected chi connectivity index (χ2v) is 3.81. The Kier molecular flexibility index (Phi) is 4.39. The van der Waals surface area contributed by atoms with Gasteiger partial charge in [0, 0.05) is 6.54 Å². The highest BCUT2D eigenvalue weighted by atomic mass is 16.5. The highest BCUT2D eigenvalue weighted by Gasteiger charge is 2.13. The molecule has 3 N–H and O–H groups in total. The van der Waals surface area contributed by atoms with Crippen LogP contribution in [-0.2, 0) is 4.74 Å². The first-order valence-corrected chi connectivity index (χ1v) is 5.70. The highest BCUT2D eigenvalue weighted by Crippen LogP contribution is 2.06. The van der Waals surface area contributed by atoms with Gasteiger partial charge in [0.25, 0.3) is 11.7 Å². The molecule has 8 nitrogen and oxygen atoms in total. The van der Waals surface area contributed by atoms with Crippen molar-refractivity contribution in [3.63, 3.8) is 0 Å². The number of aromatic amines is 1. The summed E-state index contributed by atoms with van der Waals surface area (Å²) in [6, 6.07) is 0. The van der Waals surface area contributed by atoms with E-state index in [-0.39, 0.29) is 11.7 Å². The van der Waals surface area contributed by atoms with Crippen molar-refractivity contribution < 1.29 is 9.53 Å². The molecular weight excluding hydrogens is 224 g/mol. The molecule has 8 heteroatoms. The van der Waals surface area contributed by atoms with E-state index in [1.807, 2.05) is 0 Å². The van der Waals surface area contributed by atoms with E-state index in [0.717, 1.165) is 25.9 Å². The second-order valence-electron chi connectivity index (χ2n) is 3.81. The Bertz CT molecular complexity index is 335. The molecule has 0 unspecified atom stereocenters. The number of nitrogens with zero attached hydrogens (tertiary/aromatic N) is 3. The summed E-state index contributed by atoms with van der Waals surface area (Å²) in [5, 5.41) is 18.6. The predicted octanol–water partition coefficient (Wildman–Crippen LogP) is -1.30. The molecule has 2 rings (SSSR count). The number of carbonyl (C=O) groups is 1. The molecule has 1 aliphatic heterocycles. The van der Waals surface area contributed by atoms with Crippen LogP contribution in [0.15, 0.2) is 0 Å². The van der Waals surface area contributed by atoms with Crippen molar-refractivity contribution in [3.05, 3.63) is 5.82 Å². The standard InChI is InChI=1S/C9H16N6O2/c16-9(8-12-14-15-13-8)11-5-6-17-7-1-3-10-4-2-7/h7,10H,1-6H2,(H,11,16)(H,12,13,14,15). The Morgan fingerprint density at radius 1 is 1.47 bits per heavy atom. The minimum Gasteiger partial charge on any atom is -0.376 e. The van der Waals surface area contributed by atoms with Crippen molar-refractivity contribution in [2.24, 2.45) is 0 Å². The van der Waals surface area contributed by atoms with Gasteiger partial charge in [0.05, 0.1) is 12.7 Å². The number of carbonyl (C=O) groups excluding carboxylic acids is 1. The van der Waals surface area contributed by atoms with E-state index in [9.17, 15) is 4.79 Å². The first-order valence-electron chi connectivity index (χ1n) is 5.70. The molecule has 1 amide bonds.